The maximum absolute atomic E-state index is 13.2. The number of hydrogen-bond donors (Lipinski definition) is 0. The molecule has 4 rings (SSSR count). The maximum Gasteiger partial charge on any atom is 0.277 e. The monoisotopic (exact) mass is 326 g/mol. The second-order valence-electron chi connectivity index (χ2n) is 6.20. The van der Waals surface area contributed by atoms with Crippen LogP contribution in [-0.2, 0) is 6.54 Å². The standard InChI is InChI=1S/C22H18N2O/c1-16-8-7-11-18(14-16)21-22(25)24(15-17-9-3-2-4-10-17)20-13-6-5-12-19(20)23-21/h2-14H,15H2,1H3. The summed E-state index contributed by atoms with van der Waals surface area (Å²) < 4.78 is 1.81. The average Bonchev–Trinajstić information content (AvgIpc) is 2.65. The van der Waals surface area contributed by atoms with Gasteiger partial charge in [-0.3, -0.25) is 4.79 Å². The van der Waals surface area contributed by atoms with E-state index >= 15 is 0 Å². The molecule has 0 spiro atoms. The number of rotatable bonds is 3. The Morgan fingerprint density at radius 2 is 1.64 bits per heavy atom. The first-order valence-corrected chi connectivity index (χ1v) is 8.33. The molecule has 0 amide bonds. The van der Waals surface area contributed by atoms with Gasteiger partial charge < -0.3 is 4.57 Å². The summed E-state index contributed by atoms with van der Waals surface area (Å²) in [6.07, 6.45) is 0. The summed E-state index contributed by atoms with van der Waals surface area (Å²) in [6, 6.07) is 25.8. The van der Waals surface area contributed by atoms with Gasteiger partial charge in [0.05, 0.1) is 17.6 Å². The number of aromatic nitrogens is 2. The lowest BCUT2D eigenvalue weighted by atomic mass is 10.1. The summed E-state index contributed by atoms with van der Waals surface area (Å²) in [5, 5.41) is 0. The molecule has 0 aliphatic heterocycles. The van der Waals surface area contributed by atoms with Gasteiger partial charge in [-0.05, 0) is 30.7 Å². The van der Waals surface area contributed by atoms with Gasteiger partial charge in [-0.1, -0.05) is 66.2 Å². The van der Waals surface area contributed by atoms with E-state index in [0.717, 1.165) is 27.7 Å². The Morgan fingerprint density at radius 1 is 0.880 bits per heavy atom. The van der Waals surface area contributed by atoms with Crippen LogP contribution in [0.3, 0.4) is 0 Å². The first-order valence-electron chi connectivity index (χ1n) is 8.33. The minimum absolute atomic E-state index is 0.0619. The smallest absolute Gasteiger partial charge is 0.277 e. The summed E-state index contributed by atoms with van der Waals surface area (Å²) in [5.41, 5.74) is 5.18. The minimum atomic E-state index is -0.0619. The number of aryl methyl sites for hydroxylation is 1. The fourth-order valence-corrected chi connectivity index (χ4v) is 3.10. The van der Waals surface area contributed by atoms with Crippen molar-refractivity contribution in [3.8, 4) is 11.3 Å². The Labute approximate surface area is 146 Å². The first kappa shape index (κ1) is 15.3. The fraction of sp³-hybridized carbons (Fsp3) is 0.0909. The molecule has 1 aromatic heterocycles. The van der Waals surface area contributed by atoms with E-state index < -0.39 is 0 Å². The molecule has 0 saturated carbocycles. The van der Waals surface area contributed by atoms with Crippen molar-refractivity contribution < 1.29 is 0 Å². The highest BCUT2D eigenvalue weighted by Crippen LogP contribution is 2.19. The molecule has 3 heteroatoms. The van der Waals surface area contributed by atoms with Crippen LogP contribution in [0.5, 0.6) is 0 Å². The normalized spacial score (nSPS) is 10.9. The van der Waals surface area contributed by atoms with E-state index in [0.29, 0.717) is 12.2 Å². The van der Waals surface area contributed by atoms with Gasteiger partial charge in [0.2, 0.25) is 0 Å². The van der Waals surface area contributed by atoms with Crippen molar-refractivity contribution in [2.45, 2.75) is 13.5 Å². The number of hydrogen-bond acceptors (Lipinski definition) is 2. The van der Waals surface area contributed by atoms with Crippen LogP contribution in [-0.4, -0.2) is 9.55 Å². The van der Waals surface area contributed by atoms with Crippen molar-refractivity contribution in [2.24, 2.45) is 0 Å². The van der Waals surface area contributed by atoms with Crippen molar-refractivity contribution in [3.05, 3.63) is 100 Å². The van der Waals surface area contributed by atoms with Crippen molar-refractivity contribution in [1.29, 1.82) is 0 Å². The quantitative estimate of drug-likeness (QED) is 0.558. The van der Waals surface area contributed by atoms with Crippen LogP contribution in [0.2, 0.25) is 0 Å². The van der Waals surface area contributed by atoms with E-state index in [1.807, 2.05) is 90.4 Å². The molecule has 122 valence electrons. The van der Waals surface area contributed by atoms with Crippen molar-refractivity contribution in [1.82, 2.24) is 9.55 Å². The Morgan fingerprint density at radius 3 is 2.44 bits per heavy atom. The highest BCUT2D eigenvalue weighted by molar-refractivity contribution is 5.78. The lowest BCUT2D eigenvalue weighted by Gasteiger charge is -2.13. The molecule has 0 fully saturated rings. The van der Waals surface area contributed by atoms with Gasteiger partial charge in [-0.25, -0.2) is 4.98 Å². The Hall–Kier alpha value is -3.20. The van der Waals surface area contributed by atoms with Gasteiger partial charge in [0.15, 0.2) is 0 Å². The molecule has 0 unspecified atom stereocenters. The largest absolute Gasteiger partial charge is 0.300 e. The molecule has 1 heterocycles. The molecule has 0 atom stereocenters. The van der Waals surface area contributed by atoms with E-state index in [-0.39, 0.29) is 5.56 Å². The molecule has 0 N–H and O–H groups in total. The Bertz CT molecular complexity index is 1100. The maximum atomic E-state index is 13.2. The Kier molecular flexibility index (Phi) is 3.90. The van der Waals surface area contributed by atoms with Gasteiger partial charge >= 0.3 is 0 Å². The second-order valence-corrected chi connectivity index (χ2v) is 6.20. The fourth-order valence-electron chi connectivity index (χ4n) is 3.10. The molecule has 4 aromatic rings. The highest BCUT2D eigenvalue weighted by Gasteiger charge is 2.13. The zero-order valence-electron chi connectivity index (χ0n) is 14.0. The molecule has 25 heavy (non-hydrogen) atoms. The zero-order chi connectivity index (χ0) is 17.2. The molecule has 0 bridgehead atoms. The summed E-state index contributed by atoms with van der Waals surface area (Å²) in [5.74, 6) is 0. The van der Waals surface area contributed by atoms with Crippen molar-refractivity contribution in [3.63, 3.8) is 0 Å². The molecular formula is C22H18N2O. The van der Waals surface area contributed by atoms with Gasteiger partial charge in [0.1, 0.15) is 5.69 Å². The van der Waals surface area contributed by atoms with Crippen LogP contribution in [0.25, 0.3) is 22.3 Å². The predicted molar refractivity (Wildman–Crippen MR) is 102 cm³/mol. The zero-order valence-corrected chi connectivity index (χ0v) is 14.0. The summed E-state index contributed by atoms with van der Waals surface area (Å²) in [4.78, 5) is 17.9. The molecule has 0 radical (unpaired) electrons. The van der Waals surface area contributed by atoms with Crippen LogP contribution >= 0.6 is 0 Å². The van der Waals surface area contributed by atoms with Crippen LogP contribution in [0, 0.1) is 6.92 Å². The predicted octanol–water partition coefficient (Wildman–Crippen LogP) is 4.42. The molecule has 0 aliphatic rings. The van der Waals surface area contributed by atoms with Gasteiger partial charge in [-0.15, -0.1) is 0 Å². The third kappa shape index (κ3) is 2.96. The van der Waals surface area contributed by atoms with Crippen LogP contribution in [0.1, 0.15) is 11.1 Å². The number of benzene rings is 3. The van der Waals surface area contributed by atoms with Crippen LogP contribution in [0.15, 0.2) is 83.7 Å². The van der Waals surface area contributed by atoms with Crippen molar-refractivity contribution in [2.75, 3.05) is 0 Å². The average molecular weight is 326 g/mol. The number of nitrogens with zero attached hydrogens (tertiary/aromatic N) is 2. The number of para-hydroxylation sites is 2. The van der Waals surface area contributed by atoms with Crippen LogP contribution in [0.4, 0.5) is 0 Å². The molecule has 3 aromatic carbocycles. The summed E-state index contributed by atoms with van der Waals surface area (Å²) >= 11 is 0. The third-order valence-electron chi connectivity index (χ3n) is 4.33. The molecule has 0 aliphatic carbocycles. The summed E-state index contributed by atoms with van der Waals surface area (Å²) in [7, 11) is 0. The van der Waals surface area contributed by atoms with Gasteiger partial charge in [0, 0.05) is 5.56 Å². The highest BCUT2D eigenvalue weighted by atomic mass is 16.1. The first-order chi connectivity index (χ1) is 12.2. The van der Waals surface area contributed by atoms with Crippen LogP contribution < -0.4 is 5.56 Å². The lowest BCUT2D eigenvalue weighted by molar-refractivity contribution is 0.789. The van der Waals surface area contributed by atoms with Crippen molar-refractivity contribution >= 4 is 11.0 Å². The van der Waals surface area contributed by atoms with E-state index in [1.54, 1.807) is 0 Å². The van der Waals surface area contributed by atoms with E-state index in [9.17, 15) is 4.79 Å². The van der Waals surface area contributed by atoms with E-state index in [1.165, 1.54) is 0 Å². The molecule has 3 nitrogen and oxygen atoms in total. The topological polar surface area (TPSA) is 34.9 Å². The SMILES string of the molecule is Cc1cccc(-c2nc3ccccc3n(Cc3ccccc3)c2=O)c1. The molecule has 0 saturated heterocycles. The number of fused-ring (bicyclic) bond motifs is 1. The van der Waals surface area contributed by atoms with Gasteiger partial charge in [0.25, 0.3) is 5.56 Å². The second kappa shape index (κ2) is 6.36. The van der Waals surface area contributed by atoms with E-state index in [4.69, 9.17) is 0 Å². The lowest BCUT2D eigenvalue weighted by Crippen LogP contribution is -2.24. The van der Waals surface area contributed by atoms with Gasteiger partial charge in [-0.2, -0.15) is 0 Å². The Balaban J connectivity index is 1.97. The molecular weight excluding hydrogens is 308 g/mol. The third-order valence-corrected chi connectivity index (χ3v) is 4.33. The van der Waals surface area contributed by atoms with E-state index in [2.05, 4.69) is 4.98 Å². The summed E-state index contributed by atoms with van der Waals surface area (Å²) in [6.45, 7) is 2.55. The minimum Gasteiger partial charge on any atom is -0.300 e.